The molecule has 0 unspecified atom stereocenters. The predicted octanol–water partition coefficient (Wildman–Crippen LogP) is 2.87. The van der Waals surface area contributed by atoms with Crippen molar-refractivity contribution in [2.75, 3.05) is 27.9 Å². The van der Waals surface area contributed by atoms with E-state index in [2.05, 4.69) is 7.11 Å². The van der Waals surface area contributed by atoms with E-state index in [0.717, 1.165) is 12.5 Å². The third-order valence-corrected chi connectivity index (χ3v) is 6.80. The quantitative estimate of drug-likeness (QED) is 0.0589. The van der Waals surface area contributed by atoms with Gasteiger partial charge in [-0.15, -0.1) is 0 Å². The van der Waals surface area contributed by atoms with Gasteiger partial charge >= 0.3 is 14.8 Å². The van der Waals surface area contributed by atoms with Crippen molar-refractivity contribution in [1.29, 1.82) is 0 Å². The van der Waals surface area contributed by atoms with Crippen LogP contribution < -0.4 is 9.47 Å². The predicted molar refractivity (Wildman–Crippen MR) is 101 cm³/mol. The molecule has 0 amide bonds. The van der Waals surface area contributed by atoms with Gasteiger partial charge in [-0.2, -0.15) is 7.11 Å². The molecule has 1 rings (SSSR count). The number of hydrogen-bond donors (Lipinski definition) is 0. The summed E-state index contributed by atoms with van der Waals surface area (Å²) in [4.78, 5) is 21.9. The summed E-state index contributed by atoms with van der Waals surface area (Å²) in [7, 11) is 5.26. The summed E-state index contributed by atoms with van der Waals surface area (Å²) in [6, 6.07) is 3.13. The SMILES string of the molecule is [CH2-]Oc1cc([N+](=O)[O-])c(COCCCC[Si](OC)(OC)OC)cc1OC(C)=O.[Rf]. The van der Waals surface area contributed by atoms with Crippen molar-refractivity contribution < 1.29 is 37.2 Å². The van der Waals surface area contributed by atoms with E-state index in [1.54, 1.807) is 21.3 Å². The molecule has 1 aromatic carbocycles. The van der Waals surface area contributed by atoms with E-state index in [4.69, 9.17) is 27.5 Å². The topological polar surface area (TPSA) is 116 Å². The fourth-order valence-electron chi connectivity index (χ4n) is 2.51. The Bertz CT molecular complexity index is 662. The standard InChI is InChI=1S/C17H26NO9Si.Rf/c1-13(19)27-17-10-14(15(18(20)21)11-16(17)22-2)12-26-8-6-7-9-28(23-3,24-4)25-5;/h10-11H,2,6-9,12H2,1,3-5H3;/q-1;. The van der Waals surface area contributed by atoms with Crippen LogP contribution in [0.25, 0.3) is 0 Å². The number of esters is 1. The van der Waals surface area contributed by atoms with Crippen molar-refractivity contribution in [2.24, 2.45) is 0 Å². The molecule has 0 saturated heterocycles. The van der Waals surface area contributed by atoms with Crippen molar-refractivity contribution in [2.45, 2.75) is 32.4 Å². The zero-order valence-corrected chi connectivity index (χ0v) is 24.6. The molecule has 0 bridgehead atoms. The summed E-state index contributed by atoms with van der Waals surface area (Å²) in [5.74, 6) is -0.547. The smallest absolute Gasteiger partial charge is 0.500 e. The van der Waals surface area contributed by atoms with Gasteiger partial charge in [0.05, 0.1) is 23.2 Å². The number of nitro groups is 1. The number of rotatable bonds is 13. The molecule has 0 radical (unpaired) electrons. The Morgan fingerprint density at radius 1 is 1.14 bits per heavy atom. The van der Waals surface area contributed by atoms with E-state index in [9.17, 15) is 14.9 Å². The van der Waals surface area contributed by atoms with Crippen molar-refractivity contribution in [3.05, 3.63) is 34.9 Å². The molecule has 0 aliphatic rings. The normalized spacial score (nSPS) is 10.9. The third kappa shape index (κ3) is 7.47. The molecule has 0 spiro atoms. The Morgan fingerprint density at radius 3 is 2.24 bits per heavy atom. The Hall–Kier alpha value is -3.05. The van der Waals surface area contributed by atoms with Crippen molar-refractivity contribution in [3.8, 4) is 11.5 Å². The van der Waals surface area contributed by atoms with E-state index in [-0.39, 0.29) is 29.4 Å². The minimum Gasteiger partial charge on any atom is -0.663 e. The molecule has 12 heteroatoms. The monoisotopic (exact) mass is 683 g/mol. The maximum atomic E-state index is 11.3. The van der Waals surface area contributed by atoms with Crippen LogP contribution in [0, 0.1) is 17.2 Å². The first kappa shape index (κ1) is 25.9. The first-order valence-corrected chi connectivity index (χ1v) is 10.4. The average molecular weight is 683 g/mol. The van der Waals surface area contributed by atoms with Crippen molar-refractivity contribution >= 4 is 20.5 Å². The van der Waals surface area contributed by atoms with E-state index in [0.29, 0.717) is 19.1 Å². The fraction of sp³-hybridized carbons (Fsp3) is 0.529. The van der Waals surface area contributed by atoms with Crippen LogP contribution in [0.3, 0.4) is 0 Å². The molecule has 0 saturated carbocycles. The Labute approximate surface area is 165 Å². The number of benzene rings is 1. The molecule has 0 heterocycles. The van der Waals surface area contributed by atoms with Crippen LogP contribution in [-0.2, 0) is 29.4 Å². The molecule has 1 aromatic rings. The molecular weight excluding hydrogens is 657 g/mol. The van der Waals surface area contributed by atoms with Crippen LogP contribution in [0.1, 0.15) is 25.3 Å². The molecule has 0 aromatic heterocycles. The van der Waals surface area contributed by atoms with E-state index >= 15 is 0 Å². The van der Waals surface area contributed by atoms with Crippen LogP contribution in [0.4, 0.5) is 5.69 Å². The molecule has 0 fully saturated rings. The summed E-state index contributed by atoms with van der Waals surface area (Å²) in [5, 5.41) is 11.3. The minimum absolute atomic E-state index is 0. The average Bonchev–Trinajstić information content (AvgIpc) is 2.67. The second-order valence-electron chi connectivity index (χ2n) is 5.73. The van der Waals surface area contributed by atoms with Crippen LogP contribution in [-0.4, -0.2) is 47.6 Å². The van der Waals surface area contributed by atoms with Gasteiger partial charge in [-0.3, -0.25) is 14.9 Å². The van der Waals surface area contributed by atoms with Crippen LogP contribution >= 0.6 is 0 Å². The number of nitro benzene ring substituents is 1. The van der Waals surface area contributed by atoms with Gasteiger partial charge in [0.25, 0.3) is 5.69 Å². The molecule has 29 heavy (non-hydrogen) atoms. The van der Waals surface area contributed by atoms with E-state index in [1.807, 2.05) is 0 Å². The second kappa shape index (κ2) is 12.4. The van der Waals surface area contributed by atoms with Gasteiger partial charge in [0.2, 0.25) is 0 Å². The van der Waals surface area contributed by atoms with Crippen molar-refractivity contribution in [3.63, 3.8) is 0 Å². The summed E-state index contributed by atoms with van der Waals surface area (Å²) in [5.41, 5.74) is 0.0515. The summed E-state index contributed by atoms with van der Waals surface area (Å²) in [6.07, 6.45) is 1.44. The van der Waals surface area contributed by atoms with Crippen LogP contribution in [0.2, 0.25) is 6.04 Å². The van der Waals surface area contributed by atoms with Gasteiger partial charge in [0.15, 0.2) is 5.75 Å². The van der Waals surface area contributed by atoms with Crippen LogP contribution in [0.5, 0.6) is 11.5 Å². The number of ether oxygens (including phenoxy) is 3. The Kier molecular flexibility index (Phi) is 11.1. The maximum absolute atomic E-state index is 11.3. The van der Waals surface area contributed by atoms with Gasteiger partial charge in [-0.25, -0.2) is 0 Å². The third-order valence-electron chi connectivity index (χ3n) is 3.96. The summed E-state index contributed by atoms with van der Waals surface area (Å²) in [6.45, 7) is 1.56. The Balaban J connectivity index is 0.00000784. The molecule has 0 aliphatic carbocycles. The van der Waals surface area contributed by atoms with Gasteiger partial charge in [0, 0.05) is 40.9 Å². The maximum Gasteiger partial charge on any atom is 0.500 e. The summed E-state index contributed by atoms with van der Waals surface area (Å²) >= 11 is 0. The molecular formula is C17H26NO9RfSi-. The molecule has 10 nitrogen and oxygen atoms in total. The van der Waals surface area contributed by atoms with Crippen molar-refractivity contribution in [1.82, 2.24) is 0 Å². The first-order valence-electron chi connectivity index (χ1n) is 8.47. The molecule has 0 N–H and O–H groups in total. The van der Waals surface area contributed by atoms with Gasteiger partial charge in [-0.1, -0.05) is 0 Å². The molecule has 0 atom stereocenters. The zero-order chi connectivity index (χ0) is 21.2. The largest absolute Gasteiger partial charge is 0.663 e. The van der Waals surface area contributed by atoms with Gasteiger partial charge in [-0.05, 0) is 18.9 Å². The molecule has 0 aliphatic heterocycles. The van der Waals surface area contributed by atoms with Gasteiger partial charge < -0.3 is 27.5 Å². The Morgan fingerprint density at radius 2 is 1.76 bits per heavy atom. The summed E-state index contributed by atoms with van der Waals surface area (Å²) < 4.78 is 31.4. The van der Waals surface area contributed by atoms with Crippen LogP contribution in [0.15, 0.2) is 12.1 Å². The number of carbonyl (C=O) groups excluding carboxylic acids is 1. The number of carbonyl (C=O) groups is 1. The number of hydrogen-bond acceptors (Lipinski definition) is 9. The minimum atomic E-state index is -2.61. The molecule has 160 valence electrons. The van der Waals surface area contributed by atoms with E-state index in [1.165, 1.54) is 13.0 Å². The number of nitrogens with zero attached hydrogens (tertiary/aromatic N) is 1. The zero-order valence-electron chi connectivity index (χ0n) is 17.2. The fourth-order valence-corrected chi connectivity index (χ4v) is 4.30. The van der Waals surface area contributed by atoms with Gasteiger partial charge in [0.1, 0.15) is 5.75 Å². The second-order valence-corrected chi connectivity index (χ2v) is 8.82. The van der Waals surface area contributed by atoms with E-state index < -0.39 is 19.7 Å². The first-order chi connectivity index (χ1) is 13.3. The number of unbranched alkanes of at least 4 members (excludes halogenated alkanes) is 1.